The molecule has 0 bridgehead atoms. The van der Waals surface area contributed by atoms with E-state index < -0.39 is 5.60 Å². The molecule has 0 amide bonds. The minimum absolute atomic E-state index is 0.229. The average Bonchev–Trinajstić information content (AvgIpc) is 2.68. The molecule has 1 aromatic rings. The summed E-state index contributed by atoms with van der Waals surface area (Å²) in [6, 6.07) is 0. The second-order valence-corrected chi connectivity index (χ2v) is 4.39. The van der Waals surface area contributed by atoms with Crippen molar-refractivity contribution in [3.8, 4) is 0 Å². The van der Waals surface area contributed by atoms with Crippen LogP contribution >= 0.6 is 0 Å². The van der Waals surface area contributed by atoms with Crippen LogP contribution < -0.4 is 5.32 Å². The minimum atomic E-state index is -0.925. The van der Waals surface area contributed by atoms with Gasteiger partial charge in [-0.1, -0.05) is 19.0 Å². The third-order valence-electron chi connectivity index (χ3n) is 2.79. The molecule has 15 heavy (non-hydrogen) atoms. The van der Waals surface area contributed by atoms with Crippen molar-refractivity contribution in [1.29, 1.82) is 0 Å². The Morgan fingerprint density at radius 2 is 2.07 bits per heavy atom. The molecule has 84 valence electrons. The van der Waals surface area contributed by atoms with Crippen molar-refractivity contribution in [2.24, 2.45) is 0 Å². The summed E-state index contributed by atoms with van der Waals surface area (Å²) in [6.07, 6.45) is 1.26. The summed E-state index contributed by atoms with van der Waals surface area (Å²) in [5.41, 5.74) is -0.925. The first-order valence-electron chi connectivity index (χ1n) is 5.39. The highest BCUT2D eigenvalue weighted by atomic mass is 16.5. The van der Waals surface area contributed by atoms with E-state index in [0.29, 0.717) is 24.6 Å². The van der Waals surface area contributed by atoms with E-state index in [-0.39, 0.29) is 5.92 Å². The Morgan fingerprint density at radius 3 is 2.60 bits per heavy atom. The second kappa shape index (κ2) is 3.90. The number of hydrogen-bond donors (Lipinski definition) is 2. The number of hydrogen-bond acceptors (Lipinski definition) is 5. The Kier molecular flexibility index (Phi) is 2.75. The smallest absolute Gasteiger partial charge is 0.258 e. The predicted octanol–water partition coefficient (Wildman–Crippen LogP) is 0.764. The van der Waals surface area contributed by atoms with Crippen LogP contribution in [0.5, 0.6) is 0 Å². The Labute approximate surface area is 88.9 Å². The van der Waals surface area contributed by atoms with Gasteiger partial charge in [0, 0.05) is 5.92 Å². The SMILES string of the molecule is CC(C)c1noc(C2(O)CCNCC2)n1. The van der Waals surface area contributed by atoms with Crippen LogP contribution in [0, 0.1) is 0 Å². The molecule has 0 aliphatic carbocycles. The van der Waals surface area contributed by atoms with Crippen molar-refractivity contribution < 1.29 is 9.63 Å². The molecule has 0 unspecified atom stereocenters. The van der Waals surface area contributed by atoms with Gasteiger partial charge in [0.05, 0.1) is 0 Å². The molecule has 5 heteroatoms. The van der Waals surface area contributed by atoms with Crippen LogP contribution in [-0.2, 0) is 5.60 Å². The molecule has 0 atom stereocenters. The quantitative estimate of drug-likeness (QED) is 0.755. The Bertz CT molecular complexity index is 329. The number of aliphatic hydroxyl groups is 1. The van der Waals surface area contributed by atoms with Crippen molar-refractivity contribution in [3.05, 3.63) is 11.7 Å². The maximum Gasteiger partial charge on any atom is 0.258 e. The lowest BCUT2D eigenvalue weighted by Gasteiger charge is -2.28. The van der Waals surface area contributed by atoms with Gasteiger partial charge in [0.15, 0.2) is 5.82 Å². The van der Waals surface area contributed by atoms with E-state index >= 15 is 0 Å². The Balaban J connectivity index is 2.20. The lowest BCUT2D eigenvalue weighted by Crippen LogP contribution is -2.39. The van der Waals surface area contributed by atoms with Crippen LogP contribution in [0.4, 0.5) is 0 Å². The van der Waals surface area contributed by atoms with Gasteiger partial charge >= 0.3 is 0 Å². The van der Waals surface area contributed by atoms with Gasteiger partial charge in [0.25, 0.3) is 5.89 Å². The van der Waals surface area contributed by atoms with Crippen LogP contribution in [0.2, 0.25) is 0 Å². The van der Waals surface area contributed by atoms with E-state index in [1.807, 2.05) is 13.8 Å². The fourth-order valence-electron chi connectivity index (χ4n) is 1.71. The van der Waals surface area contributed by atoms with Crippen LogP contribution in [0.1, 0.15) is 44.3 Å². The lowest BCUT2D eigenvalue weighted by molar-refractivity contribution is -0.0228. The number of aromatic nitrogens is 2. The number of nitrogens with zero attached hydrogens (tertiary/aromatic N) is 2. The van der Waals surface area contributed by atoms with E-state index in [2.05, 4.69) is 15.5 Å². The average molecular weight is 211 g/mol. The molecule has 1 saturated heterocycles. The molecule has 0 radical (unpaired) electrons. The Morgan fingerprint density at radius 1 is 1.40 bits per heavy atom. The van der Waals surface area contributed by atoms with E-state index in [1.54, 1.807) is 0 Å². The molecule has 1 aliphatic heterocycles. The van der Waals surface area contributed by atoms with Gasteiger partial charge in [-0.25, -0.2) is 0 Å². The van der Waals surface area contributed by atoms with Gasteiger partial charge in [-0.15, -0.1) is 0 Å². The highest BCUT2D eigenvalue weighted by Gasteiger charge is 2.37. The van der Waals surface area contributed by atoms with Gasteiger partial charge in [-0.2, -0.15) is 4.98 Å². The maximum atomic E-state index is 10.3. The molecule has 1 fully saturated rings. The lowest BCUT2D eigenvalue weighted by atomic mass is 9.92. The highest BCUT2D eigenvalue weighted by Crippen LogP contribution is 2.29. The van der Waals surface area contributed by atoms with Gasteiger partial charge in [0.1, 0.15) is 5.60 Å². The molecule has 2 heterocycles. The van der Waals surface area contributed by atoms with E-state index in [9.17, 15) is 5.11 Å². The molecule has 0 spiro atoms. The first-order chi connectivity index (χ1) is 7.12. The fourth-order valence-corrected chi connectivity index (χ4v) is 1.71. The highest BCUT2D eigenvalue weighted by molar-refractivity contribution is 5.02. The zero-order valence-electron chi connectivity index (χ0n) is 9.16. The normalized spacial score (nSPS) is 20.8. The maximum absolute atomic E-state index is 10.3. The Hall–Kier alpha value is -0.940. The fraction of sp³-hybridized carbons (Fsp3) is 0.800. The van der Waals surface area contributed by atoms with Gasteiger partial charge in [-0.05, 0) is 25.9 Å². The largest absolute Gasteiger partial charge is 0.380 e. The third-order valence-corrected chi connectivity index (χ3v) is 2.79. The summed E-state index contributed by atoms with van der Waals surface area (Å²) in [5, 5.41) is 17.4. The first kappa shape index (κ1) is 10.6. The number of piperidine rings is 1. The second-order valence-electron chi connectivity index (χ2n) is 4.39. The molecular weight excluding hydrogens is 194 g/mol. The van der Waals surface area contributed by atoms with Crippen LogP contribution in [0.3, 0.4) is 0 Å². The van der Waals surface area contributed by atoms with E-state index in [0.717, 1.165) is 13.1 Å². The van der Waals surface area contributed by atoms with Gasteiger partial charge < -0.3 is 14.9 Å². The molecule has 1 aromatic heterocycles. The van der Waals surface area contributed by atoms with Crippen LogP contribution in [0.25, 0.3) is 0 Å². The summed E-state index contributed by atoms with van der Waals surface area (Å²) < 4.78 is 5.13. The van der Waals surface area contributed by atoms with Crippen molar-refractivity contribution in [3.63, 3.8) is 0 Å². The molecule has 0 saturated carbocycles. The number of nitrogens with one attached hydrogen (secondary N) is 1. The first-order valence-corrected chi connectivity index (χ1v) is 5.39. The molecule has 5 nitrogen and oxygen atoms in total. The minimum Gasteiger partial charge on any atom is -0.380 e. The molecule has 2 N–H and O–H groups in total. The zero-order chi connectivity index (χ0) is 10.9. The van der Waals surface area contributed by atoms with Crippen molar-refractivity contribution in [2.45, 2.75) is 38.2 Å². The van der Waals surface area contributed by atoms with Gasteiger partial charge in [0.2, 0.25) is 0 Å². The van der Waals surface area contributed by atoms with E-state index in [4.69, 9.17) is 4.52 Å². The standard InChI is InChI=1S/C10H17N3O2/c1-7(2)8-12-9(15-13-8)10(14)3-5-11-6-4-10/h7,11,14H,3-6H2,1-2H3. The monoisotopic (exact) mass is 211 g/mol. The van der Waals surface area contributed by atoms with Crippen LogP contribution in [-0.4, -0.2) is 28.3 Å². The predicted molar refractivity (Wildman–Crippen MR) is 54.4 cm³/mol. The number of rotatable bonds is 2. The summed E-state index contributed by atoms with van der Waals surface area (Å²) in [4.78, 5) is 4.25. The zero-order valence-corrected chi connectivity index (χ0v) is 9.16. The summed E-state index contributed by atoms with van der Waals surface area (Å²) >= 11 is 0. The van der Waals surface area contributed by atoms with Gasteiger partial charge in [-0.3, -0.25) is 0 Å². The summed E-state index contributed by atoms with van der Waals surface area (Å²) in [5.74, 6) is 1.26. The van der Waals surface area contributed by atoms with Crippen molar-refractivity contribution in [2.75, 3.05) is 13.1 Å². The van der Waals surface area contributed by atoms with Crippen molar-refractivity contribution >= 4 is 0 Å². The summed E-state index contributed by atoms with van der Waals surface area (Å²) in [6.45, 7) is 5.58. The third kappa shape index (κ3) is 2.03. The molecule has 1 aliphatic rings. The van der Waals surface area contributed by atoms with Crippen LogP contribution in [0.15, 0.2) is 4.52 Å². The topological polar surface area (TPSA) is 71.2 Å². The molecule has 2 rings (SSSR count). The van der Waals surface area contributed by atoms with Crippen molar-refractivity contribution in [1.82, 2.24) is 15.5 Å². The summed E-state index contributed by atoms with van der Waals surface area (Å²) in [7, 11) is 0. The molecular formula is C10H17N3O2. The molecule has 0 aromatic carbocycles. The van der Waals surface area contributed by atoms with E-state index in [1.165, 1.54) is 0 Å².